The Kier molecular flexibility index (Phi) is 18.7. The van der Waals surface area contributed by atoms with Gasteiger partial charge in [-0.3, -0.25) is 0 Å². The number of fused-ring (bicyclic) bond motifs is 18. The molecule has 0 amide bonds. The van der Waals surface area contributed by atoms with Gasteiger partial charge in [0.05, 0.1) is 67.3 Å². The van der Waals surface area contributed by atoms with Crippen LogP contribution in [0.15, 0.2) is 441 Å². The third-order valence-electron chi connectivity index (χ3n) is 25.2. The molecular formula is C120H72N6OS3. The van der Waals surface area contributed by atoms with Crippen molar-refractivity contribution in [2.75, 3.05) is 0 Å². The largest absolute Gasteiger partial charge is 0.456 e. The number of para-hydroxylation sites is 7. The van der Waals surface area contributed by atoms with Gasteiger partial charge in [0.2, 0.25) is 0 Å². The summed E-state index contributed by atoms with van der Waals surface area (Å²) < 4.78 is 14.2. The van der Waals surface area contributed by atoms with Crippen molar-refractivity contribution < 1.29 is 4.42 Å². The molecule has 0 radical (unpaired) electrons. The van der Waals surface area contributed by atoms with Crippen LogP contribution in [-0.4, -0.2) is 29.9 Å². The number of thiophene rings is 3. The molecule has 0 fully saturated rings. The van der Waals surface area contributed by atoms with Gasteiger partial charge in [-0.25, -0.2) is 29.9 Å². The molecule has 606 valence electrons. The Labute approximate surface area is 759 Å². The summed E-state index contributed by atoms with van der Waals surface area (Å²) in [6.45, 7) is 0. The molecule has 0 atom stereocenters. The number of aromatic nitrogens is 6. The summed E-state index contributed by atoms with van der Waals surface area (Å²) in [5.74, 6) is 0. The Bertz CT molecular complexity index is 9220. The highest BCUT2D eigenvalue weighted by Crippen LogP contribution is 2.48. The quantitative estimate of drug-likeness (QED) is 0.135. The maximum atomic E-state index is 6.27. The molecule has 7 aromatic heterocycles. The number of hydrogen-bond donors (Lipinski definition) is 0. The number of furan rings is 1. The fraction of sp³-hybridized carbons (Fsp3) is 0. The Hall–Kier alpha value is -16.3. The highest BCUT2D eigenvalue weighted by molar-refractivity contribution is 7.26. The van der Waals surface area contributed by atoms with E-state index < -0.39 is 0 Å². The van der Waals surface area contributed by atoms with Gasteiger partial charge in [0.25, 0.3) is 0 Å². The fourth-order valence-electron chi connectivity index (χ4n) is 19.0. The first-order valence-corrected chi connectivity index (χ1v) is 46.1. The molecule has 0 bridgehead atoms. The van der Waals surface area contributed by atoms with E-state index in [1.165, 1.54) is 132 Å². The summed E-state index contributed by atoms with van der Waals surface area (Å²) in [4.78, 5) is 31.1. The minimum atomic E-state index is 0.844. The second-order valence-electron chi connectivity index (χ2n) is 33.0. The lowest BCUT2D eigenvalue weighted by molar-refractivity contribution is 0.669. The highest BCUT2D eigenvalue weighted by Gasteiger charge is 2.24. The van der Waals surface area contributed by atoms with Gasteiger partial charge in [0, 0.05) is 105 Å². The summed E-state index contributed by atoms with van der Waals surface area (Å²) >= 11 is 5.58. The zero-order valence-corrected chi connectivity index (χ0v) is 72.3. The second-order valence-corrected chi connectivity index (χ2v) is 36.2. The molecule has 0 aliphatic carbocycles. The lowest BCUT2D eigenvalue weighted by atomic mass is 9.94. The number of hydrogen-bond acceptors (Lipinski definition) is 10. The Morgan fingerprint density at radius 1 is 0.154 bits per heavy atom. The van der Waals surface area contributed by atoms with Gasteiger partial charge < -0.3 is 4.42 Å². The van der Waals surface area contributed by atoms with Gasteiger partial charge in [-0.1, -0.05) is 315 Å². The molecule has 20 aromatic carbocycles. The van der Waals surface area contributed by atoms with Crippen molar-refractivity contribution in [2.24, 2.45) is 0 Å². The molecule has 27 rings (SSSR count). The third kappa shape index (κ3) is 13.6. The average Bonchev–Trinajstić information content (AvgIpc) is 1.49. The van der Waals surface area contributed by atoms with Crippen molar-refractivity contribution in [2.45, 2.75) is 0 Å². The van der Waals surface area contributed by atoms with E-state index in [9.17, 15) is 0 Å². The molecule has 0 aliphatic rings. The predicted molar refractivity (Wildman–Crippen MR) is 551 cm³/mol. The minimum absolute atomic E-state index is 0.844. The highest BCUT2D eigenvalue weighted by atomic mass is 32.1. The van der Waals surface area contributed by atoms with Crippen LogP contribution >= 0.6 is 34.0 Å². The first-order chi connectivity index (χ1) is 64.4. The minimum Gasteiger partial charge on any atom is -0.456 e. The SMILES string of the molecule is c1cc(-c2nc3ccccc3nc2-c2cccc3oc4ccccc4c23)cc(-c2cccc3cc4c(cc23)sc2ccccc24)c1.c1ccc(-c2ccc(-c3nc4ccccc4nc3-c3cccc(-c4cccc5cc6c(cc45)sc4ccccc46)c3)cc2)cc1.c1ccc(-c2nc3ccccc3nc2-c2cccc(-c3cccc4cc5c(cc34)sc3ccccc35)c2)cc1. The van der Waals surface area contributed by atoms with Crippen LogP contribution < -0.4 is 0 Å². The molecule has 27 aromatic rings. The molecular weight excluding hydrogens is 1640 g/mol. The fourth-order valence-corrected chi connectivity index (χ4v) is 22.3. The Balaban J connectivity index is 0.000000106. The van der Waals surface area contributed by atoms with E-state index in [0.717, 1.165) is 128 Å². The van der Waals surface area contributed by atoms with Crippen molar-refractivity contribution in [3.63, 3.8) is 0 Å². The van der Waals surface area contributed by atoms with Crippen molar-refractivity contribution in [1.29, 1.82) is 0 Å². The van der Waals surface area contributed by atoms with Crippen molar-refractivity contribution in [3.05, 3.63) is 437 Å². The number of nitrogens with zero attached hydrogens (tertiary/aromatic N) is 6. The van der Waals surface area contributed by atoms with Crippen LogP contribution in [0.4, 0.5) is 0 Å². The standard InChI is InChI=1S/C42H24N2OS.C42H26N2S.C36H22N2S/c1-5-19-36-30(14-1)40-31(16-9-20-37(40)45-36)42-41(43-34-17-3-4-18-35(34)44-42)27-12-7-10-25(22-27)28-15-8-11-26-23-33-29-13-2-6-21-38(29)46-39(33)24-32(26)28;1-2-10-27(11-3-1)28-20-22-29(23-21-28)41-42(44-38-18-6-5-17-37(38)43-41)32-14-8-12-30(24-32)33-16-9-13-31-25-36-34-15-4-7-19-39(34)45-40(36)26-35(31)33;1-2-10-23(11-3-1)35-36(38-32-18-6-5-17-31(32)37-35)26-14-8-12-24(20-26)27-16-9-13-25-21-30-28-15-4-7-19-33(28)39-34(30)22-29(25)27/h1-24H;1-26H;1-22H. The summed E-state index contributed by atoms with van der Waals surface area (Å²) in [6.07, 6.45) is 0. The monoisotopic (exact) mass is 1710 g/mol. The lowest BCUT2D eigenvalue weighted by Crippen LogP contribution is -1.96. The van der Waals surface area contributed by atoms with Crippen LogP contribution in [0.1, 0.15) is 0 Å². The average molecular weight is 1710 g/mol. The van der Waals surface area contributed by atoms with E-state index in [-0.39, 0.29) is 0 Å². The van der Waals surface area contributed by atoms with E-state index in [0.29, 0.717) is 0 Å². The summed E-state index contributed by atoms with van der Waals surface area (Å²) in [7, 11) is 0. The smallest absolute Gasteiger partial charge is 0.136 e. The molecule has 7 nitrogen and oxygen atoms in total. The van der Waals surface area contributed by atoms with E-state index >= 15 is 0 Å². The molecule has 0 saturated heterocycles. The number of benzene rings is 20. The summed E-state index contributed by atoms with van der Waals surface area (Å²) in [5, 5.41) is 17.6. The predicted octanol–water partition coefficient (Wildman–Crippen LogP) is 34.0. The molecule has 0 aliphatic heterocycles. The van der Waals surface area contributed by atoms with Crippen molar-refractivity contribution in [1.82, 2.24) is 29.9 Å². The van der Waals surface area contributed by atoms with E-state index in [1.54, 1.807) is 0 Å². The molecule has 0 unspecified atom stereocenters. The number of rotatable bonds is 10. The maximum absolute atomic E-state index is 6.27. The zero-order valence-electron chi connectivity index (χ0n) is 69.9. The van der Waals surface area contributed by atoms with Gasteiger partial charge in [0.15, 0.2) is 0 Å². The maximum Gasteiger partial charge on any atom is 0.136 e. The van der Waals surface area contributed by atoms with E-state index in [2.05, 4.69) is 328 Å². The van der Waals surface area contributed by atoms with Crippen LogP contribution in [0, 0.1) is 0 Å². The molecule has 0 N–H and O–H groups in total. The Morgan fingerprint density at radius 2 is 0.431 bits per heavy atom. The molecule has 0 spiro atoms. The van der Waals surface area contributed by atoms with Crippen LogP contribution in [0.3, 0.4) is 0 Å². The van der Waals surface area contributed by atoms with Crippen molar-refractivity contribution in [3.8, 4) is 112 Å². The van der Waals surface area contributed by atoms with E-state index in [1.807, 2.05) is 143 Å². The van der Waals surface area contributed by atoms with Crippen LogP contribution in [-0.2, 0) is 0 Å². The van der Waals surface area contributed by atoms with Crippen LogP contribution in [0.25, 0.3) is 260 Å². The van der Waals surface area contributed by atoms with Crippen molar-refractivity contribution >= 4 is 182 Å². The Morgan fingerprint density at radius 3 is 0.846 bits per heavy atom. The summed E-state index contributed by atoms with van der Waals surface area (Å²) in [6, 6.07) is 155. The summed E-state index contributed by atoms with van der Waals surface area (Å²) in [5.41, 5.74) is 28.1. The van der Waals surface area contributed by atoms with Gasteiger partial charge in [-0.2, -0.15) is 0 Å². The molecule has 130 heavy (non-hydrogen) atoms. The zero-order chi connectivity index (χ0) is 85.7. The van der Waals surface area contributed by atoms with Gasteiger partial charge in [-0.05, 0) is 198 Å². The van der Waals surface area contributed by atoms with Gasteiger partial charge >= 0.3 is 0 Å². The van der Waals surface area contributed by atoms with Gasteiger partial charge in [-0.15, -0.1) is 34.0 Å². The second kappa shape index (κ2) is 32.0. The third-order valence-corrected chi connectivity index (χ3v) is 28.6. The molecule has 10 heteroatoms. The molecule has 0 saturated carbocycles. The first kappa shape index (κ1) is 76.1. The van der Waals surface area contributed by atoms with Crippen LogP contribution in [0.5, 0.6) is 0 Å². The topological polar surface area (TPSA) is 90.5 Å². The molecule has 7 heterocycles. The first-order valence-electron chi connectivity index (χ1n) is 43.7. The van der Waals surface area contributed by atoms with E-state index in [4.69, 9.17) is 34.3 Å². The van der Waals surface area contributed by atoms with Crippen LogP contribution in [0.2, 0.25) is 0 Å². The normalized spacial score (nSPS) is 11.7. The lowest BCUT2D eigenvalue weighted by Gasteiger charge is -2.13. The van der Waals surface area contributed by atoms with Gasteiger partial charge in [0.1, 0.15) is 11.2 Å².